The molecule has 0 aliphatic carbocycles. The van der Waals surface area contributed by atoms with Crippen LogP contribution in [0.25, 0.3) is 11.2 Å². The van der Waals surface area contributed by atoms with Gasteiger partial charge in [-0.3, -0.25) is 0 Å². The summed E-state index contributed by atoms with van der Waals surface area (Å²) in [4.78, 5) is 13.3. The molecule has 4 heteroatoms. The molecule has 0 N–H and O–H groups in total. The van der Waals surface area contributed by atoms with Crippen LogP contribution in [0.3, 0.4) is 0 Å². The third-order valence-corrected chi connectivity index (χ3v) is 2.74. The zero-order valence-electron chi connectivity index (χ0n) is 10.5. The van der Waals surface area contributed by atoms with E-state index in [-0.39, 0.29) is 0 Å². The van der Waals surface area contributed by atoms with Gasteiger partial charge in [0.15, 0.2) is 5.65 Å². The SMILES string of the molecule is Cc1nc2c(C(C)C)ncnc2n1C(C)C. The maximum absolute atomic E-state index is 4.59. The normalized spacial score (nSPS) is 11.9. The molecule has 4 nitrogen and oxygen atoms in total. The van der Waals surface area contributed by atoms with Gasteiger partial charge in [0.25, 0.3) is 0 Å². The standard InChI is InChI=1S/C12H18N4/c1-7(2)10-11-12(14-6-13-10)16(8(3)4)9(5)15-11/h6-8H,1-5H3. The second-order valence-electron chi connectivity index (χ2n) is 4.71. The lowest BCUT2D eigenvalue weighted by atomic mass is 10.1. The van der Waals surface area contributed by atoms with Crippen LogP contribution in [0.5, 0.6) is 0 Å². The van der Waals surface area contributed by atoms with Crippen molar-refractivity contribution in [1.29, 1.82) is 0 Å². The van der Waals surface area contributed by atoms with Crippen molar-refractivity contribution in [3.05, 3.63) is 17.8 Å². The van der Waals surface area contributed by atoms with Gasteiger partial charge in [-0.05, 0) is 26.7 Å². The highest BCUT2D eigenvalue weighted by atomic mass is 15.2. The minimum Gasteiger partial charge on any atom is -0.310 e. The fourth-order valence-corrected chi connectivity index (χ4v) is 2.08. The molecule has 0 amide bonds. The molecule has 2 aromatic rings. The van der Waals surface area contributed by atoms with Gasteiger partial charge in [-0.2, -0.15) is 0 Å². The fraction of sp³-hybridized carbons (Fsp3) is 0.583. The Labute approximate surface area is 95.7 Å². The topological polar surface area (TPSA) is 43.6 Å². The van der Waals surface area contributed by atoms with Crippen LogP contribution < -0.4 is 0 Å². The van der Waals surface area contributed by atoms with E-state index in [2.05, 4.69) is 47.2 Å². The van der Waals surface area contributed by atoms with Crippen LogP contribution in [0.4, 0.5) is 0 Å². The van der Waals surface area contributed by atoms with Crippen LogP contribution in [0.1, 0.15) is 51.2 Å². The smallest absolute Gasteiger partial charge is 0.163 e. The number of nitrogens with zero attached hydrogens (tertiary/aromatic N) is 4. The molecule has 0 aliphatic rings. The average Bonchev–Trinajstić information content (AvgIpc) is 2.52. The van der Waals surface area contributed by atoms with Gasteiger partial charge in [-0.1, -0.05) is 13.8 Å². The van der Waals surface area contributed by atoms with Gasteiger partial charge in [0.2, 0.25) is 0 Å². The Balaban J connectivity index is 2.78. The number of rotatable bonds is 2. The highest BCUT2D eigenvalue weighted by Gasteiger charge is 2.16. The molecule has 0 aliphatic heterocycles. The van der Waals surface area contributed by atoms with Crippen molar-refractivity contribution in [3.8, 4) is 0 Å². The van der Waals surface area contributed by atoms with Crippen molar-refractivity contribution in [2.45, 2.75) is 46.6 Å². The second-order valence-corrected chi connectivity index (χ2v) is 4.71. The third-order valence-electron chi connectivity index (χ3n) is 2.74. The summed E-state index contributed by atoms with van der Waals surface area (Å²) in [6.07, 6.45) is 1.64. The molecule has 86 valence electrons. The molecule has 0 radical (unpaired) electrons. The summed E-state index contributed by atoms with van der Waals surface area (Å²) in [5.41, 5.74) is 2.93. The quantitative estimate of drug-likeness (QED) is 0.778. The number of aromatic nitrogens is 4. The molecule has 0 fully saturated rings. The van der Waals surface area contributed by atoms with E-state index in [1.54, 1.807) is 6.33 Å². The Bertz CT molecular complexity index is 511. The van der Waals surface area contributed by atoms with Crippen molar-refractivity contribution < 1.29 is 0 Å². The summed E-state index contributed by atoms with van der Waals surface area (Å²) < 4.78 is 2.16. The molecule has 0 atom stereocenters. The fourth-order valence-electron chi connectivity index (χ4n) is 2.08. The summed E-state index contributed by atoms with van der Waals surface area (Å²) in [7, 11) is 0. The van der Waals surface area contributed by atoms with Gasteiger partial charge in [0, 0.05) is 6.04 Å². The summed E-state index contributed by atoms with van der Waals surface area (Å²) in [5.74, 6) is 1.38. The van der Waals surface area contributed by atoms with Crippen LogP contribution in [0.15, 0.2) is 6.33 Å². The molecule has 2 rings (SSSR count). The lowest BCUT2D eigenvalue weighted by molar-refractivity contribution is 0.595. The number of fused-ring (bicyclic) bond motifs is 1. The minimum absolute atomic E-state index is 0.375. The molecule has 16 heavy (non-hydrogen) atoms. The Hall–Kier alpha value is -1.45. The first-order valence-corrected chi connectivity index (χ1v) is 5.71. The van der Waals surface area contributed by atoms with Crippen molar-refractivity contribution in [1.82, 2.24) is 19.5 Å². The maximum Gasteiger partial charge on any atom is 0.163 e. The van der Waals surface area contributed by atoms with Gasteiger partial charge in [-0.15, -0.1) is 0 Å². The number of aryl methyl sites for hydroxylation is 1. The lowest BCUT2D eigenvalue weighted by Crippen LogP contribution is -2.04. The molecular weight excluding hydrogens is 200 g/mol. The van der Waals surface area contributed by atoms with Crippen molar-refractivity contribution in [3.63, 3.8) is 0 Å². The van der Waals surface area contributed by atoms with E-state index in [1.807, 2.05) is 6.92 Å². The second kappa shape index (κ2) is 3.85. The molecule has 0 unspecified atom stereocenters. The first-order valence-electron chi connectivity index (χ1n) is 5.71. The maximum atomic E-state index is 4.59. The van der Waals surface area contributed by atoms with Gasteiger partial charge >= 0.3 is 0 Å². The minimum atomic E-state index is 0.375. The van der Waals surface area contributed by atoms with Gasteiger partial charge in [0.05, 0.1) is 5.69 Å². The van der Waals surface area contributed by atoms with Gasteiger partial charge < -0.3 is 4.57 Å². The zero-order chi connectivity index (χ0) is 11.9. The van der Waals surface area contributed by atoms with E-state index < -0.39 is 0 Å². The van der Waals surface area contributed by atoms with E-state index in [0.717, 1.165) is 22.7 Å². The number of hydrogen-bond acceptors (Lipinski definition) is 3. The van der Waals surface area contributed by atoms with Crippen molar-refractivity contribution in [2.24, 2.45) is 0 Å². The zero-order valence-corrected chi connectivity index (χ0v) is 10.5. The first-order chi connectivity index (χ1) is 7.52. The number of imidazole rings is 1. The molecule has 0 aromatic carbocycles. The molecular formula is C12H18N4. The van der Waals surface area contributed by atoms with Crippen LogP contribution in [0.2, 0.25) is 0 Å². The van der Waals surface area contributed by atoms with Gasteiger partial charge in [0.1, 0.15) is 17.7 Å². The lowest BCUT2D eigenvalue weighted by Gasteiger charge is -2.10. The molecule has 0 saturated heterocycles. The van der Waals surface area contributed by atoms with E-state index in [0.29, 0.717) is 12.0 Å². The molecule has 0 saturated carbocycles. The van der Waals surface area contributed by atoms with E-state index >= 15 is 0 Å². The summed E-state index contributed by atoms with van der Waals surface area (Å²) in [6.45, 7) is 10.6. The molecule has 0 bridgehead atoms. The number of hydrogen-bond donors (Lipinski definition) is 0. The van der Waals surface area contributed by atoms with E-state index in [9.17, 15) is 0 Å². The van der Waals surface area contributed by atoms with E-state index in [1.165, 1.54) is 0 Å². The molecule has 2 heterocycles. The van der Waals surface area contributed by atoms with Crippen LogP contribution in [-0.2, 0) is 0 Å². The predicted molar refractivity (Wildman–Crippen MR) is 64.5 cm³/mol. The monoisotopic (exact) mass is 218 g/mol. The van der Waals surface area contributed by atoms with Crippen LogP contribution in [-0.4, -0.2) is 19.5 Å². The van der Waals surface area contributed by atoms with Crippen LogP contribution >= 0.6 is 0 Å². The highest BCUT2D eigenvalue weighted by Crippen LogP contribution is 2.24. The highest BCUT2D eigenvalue weighted by molar-refractivity contribution is 5.74. The summed E-state index contributed by atoms with van der Waals surface area (Å²) in [5, 5.41) is 0. The molecule has 0 spiro atoms. The van der Waals surface area contributed by atoms with Gasteiger partial charge in [-0.25, -0.2) is 15.0 Å². The van der Waals surface area contributed by atoms with E-state index in [4.69, 9.17) is 0 Å². The third kappa shape index (κ3) is 1.58. The van der Waals surface area contributed by atoms with Crippen molar-refractivity contribution in [2.75, 3.05) is 0 Å². The summed E-state index contributed by atoms with van der Waals surface area (Å²) in [6, 6.07) is 0.375. The Morgan fingerprint density at radius 3 is 2.38 bits per heavy atom. The predicted octanol–water partition coefficient (Wildman–Crippen LogP) is 2.84. The average molecular weight is 218 g/mol. The summed E-state index contributed by atoms with van der Waals surface area (Å²) >= 11 is 0. The Morgan fingerprint density at radius 2 is 1.81 bits per heavy atom. The largest absolute Gasteiger partial charge is 0.310 e. The first kappa shape index (κ1) is 11.0. The Morgan fingerprint density at radius 1 is 1.12 bits per heavy atom. The van der Waals surface area contributed by atoms with Crippen LogP contribution in [0, 0.1) is 6.92 Å². The Kier molecular flexibility index (Phi) is 2.66. The molecule has 2 aromatic heterocycles. The van der Waals surface area contributed by atoms with Crippen molar-refractivity contribution >= 4 is 11.2 Å².